The molecule has 1 amide bonds. The molecule has 0 aliphatic carbocycles. The lowest BCUT2D eigenvalue weighted by Crippen LogP contribution is -2.49. The molecule has 2 unspecified atom stereocenters. The van der Waals surface area contributed by atoms with E-state index in [0.29, 0.717) is 19.7 Å². The maximum absolute atomic E-state index is 12.0. The maximum Gasteiger partial charge on any atom is 0.250 e. The Bertz CT molecular complexity index is 472. The van der Waals surface area contributed by atoms with Crippen LogP contribution in [0.2, 0.25) is 0 Å². The van der Waals surface area contributed by atoms with E-state index >= 15 is 0 Å². The van der Waals surface area contributed by atoms with E-state index in [1.807, 2.05) is 0 Å². The Balaban J connectivity index is 1.57. The molecular weight excluding hydrogens is 254 g/mol. The molecule has 2 atom stereocenters. The SMILES string of the molecule is O=C(NCC1NCCc2ccccc21)C1CNCCO1. The number of amides is 1. The van der Waals surface area contributed by atoms with Crippen LogP contribution in [0.1, 0.15) is 17.2 Å². The van der Waals surface area contributed by atoms with Crippen LogP contribution >= 0.6 is 0 Å². The van der Waals surface area contributed by atoms with Crippen molar-refractivity contribution in [1.29, 1.82) is 0 Å². The Morgan fingerprint density at radius 3 is 3.10 bits per heavy atom. The van der Waals surface area contributed by atoms with E-state index in [0.717, 1.165) is 19.5 Å². The standard InChI is InChI=1S/C15H21N3O2/c19-15(14-10-16-7-8-20-14)18-9-13-12-4-2-1-3-11(12)5-6-17-13/h1-4,13-14,16-17H,5-10H2,(H,18,19). The summed E-state index contributed by atoms with van der Waals surface area (Å²) in [7, 11) is 0. The van der Waals surface area contributed by atoms with Crippen LogP contribution in [0, 0.1) is 0 Å². The maximum atomic E-state index is 12.0. The summed E-state index contributed by atoms with van der Waals surface area (Å²) in [5, 5.41) is 9.63. The highest BCUT2D eigenvalue weighted by molar-refractivity contribution is 5.81. The molecule has 1 aromatic carbocycles. The van der Waals surface area contributed by atoms with Gasteiger partial charge in [-0.2, -0.15) is 0 Å². The van der Waals surface area contributed by atoms with Crippen molar-refractivity contribution in [2.24, 2.45) is 0 Å². The van der Waals surface area contributed by atoms with Crippen LogP contribution in [0.3, 0.4) is 0 Å². The van der Waals surface area contributed by atoms with Gasteiger partial charge in [0, 0.05) is 25.7 Å². The predicted molar refractivity (Wildman–Crippen MR) is 76.5 cm³/mol. The summed E-state index contributed by atoms with van der Waals surface area (Å²) in [6.45, 7) is 3.58. The van der Waals surface area contributed by atoms with Gasteiger partial charge in [0.05, 0.1) is 6.61 Å². The molecule has 5 nitrogen and oxygen atoms in total. The first-order valence-electron chi connectivity index (χ1n) is 7.26. The van der Waals surface area contributed by atoms with Crippen molar-refractivity contribution >= 4 is 5.91 Å². The Morgan fingerprint density at radius 2 is 2.25 bits per heavy atom. The molecule has 3 N–H and O–H groups in total. The summed E-state index contributed by atoms with van der Waals surface area (Å²) in [5.74, 6) is -0.0259. The van der Waals surface area contributed by atoms with Gasteiger partial charge in [-0.05, 0) is 24.1 Å². The van der Waals surface area contributed by atoms with Crippen LogP contribution in [-0.4, -0.2) is 44.8 Å². The summed E-state index contributed by atoms with van der Waals surface area (Å²) in [4.78, 5) is 12.0. The Morgan fingerprint density at radius 1 is 1.35 bits per heavy atom. The number of hydrogen-bond donors (Lipinski definition) is 3. The number of hydrogen-bond acceptors (Lipinski definition) is 4. The summed E-state index contributed by atoms with van der Waals surface area (Å²) < 4.78 is 5.45. The monoisotopic (exact) mass is 275 g/mol. The zero-order valence-corrected chi connectivity index (χ0v) is 11.5. The fraction of sp³-hybridized carbons (Fsp3) is 0.533. The Hall–Kier alpha value is -1.43. The van der Waals surface area contributed by atoms with Crippen molar-refractivity contribution in [3.63, 3.8) is 0 Å². The highest BCUT2D eigenvalue weighted by Crippen LogP contribution is 2.21. The number of rotatable bonds is 3. The Kier molecular flexibility index (Phi) is 4.30. The smallest absolute Gasteiger partial charge is 0.250 e. The van der Waals surface area contributed by atoms with Crippen LogP contribution in [0.5, 0.6) is 0 Å². The van der Waals surface area contributed by atoms with Crippen molar-refractivity contribution in [3.05, 3.63) is 35.4 Å². The molecule has 1 aromatic rings. The molecule has 0 aromatic heterocycles. The topological polar surface area (TPSA) is 62.4 Å². The molecule has 0 radical (unpaired) electrons. The van der Waals surface area contributed by atoms with Crippen LogP contribution in [0.25, 0.3) is 0 Å². The first-order chi connectivity index (χ1) is 9.84. The zero-order chi connectivity index (χ0) is 13.8. The van der Waals surface area contributed by atoms with Gasteiger partial charge in [-0.3, -0.25) is 4.79 Å². The fourth-order valence-electron chi connectivity index (χ4n) is 2.83. The third-order valence-electron chi connectivity index (χ3n) is 3.92. The number of carbonyl (C=O) groups is 1. The lowest BCUT2D eigenvalue weighted by molar-refractivity contribution is -0.134. The molecule has 108 valence electrons. The quantitative estimate of drug-likeness (QED) is 0.725. The molecule has 5 heteroatoms. The molecule has 0 bridgehead atoms. The van der Waals surface area contributed by atoms with Crippen LogP contribution in [0.15, 0.2) is 24.3 Å². The zero-order valence-electron chi connectivity index (χ0n) is 11.5. The van der Waals surface area contributed by atoms with E-state index < -0.39 is 0 Å². The molecule has 0 saturated carbocycles. The van der Waals surface area contributed by atoms with E-state index in [4.69, 9.17) is 4.74 Å². The number of fused-ring (bicyclic) bond motifs is 1. The van der Waals surface area contributed by atoms with Crippen molar-refractivity contribution in [2.75, 3.05) is 32.8 Å². The lowest BCUT2D eigenvalue weighted by Gasteiger charge is -2.28. The minimum Gasteiger partial charge on any atom is -0.366 e. The summed E-state index contributed by atoms with van der Waals surface area (Å²) in [5.41, 5.74) is 2.67. The lowest BCUT2D eigenvalue weighted by atomic mass is 9.94. The molecule has 2 aliphatic rings. The number of morpholine rings is 1. The van der Waals surface area contributed by atoms with Gasteiger partial charge in [0.2, 0.25) is 0 Å². The Labute approximate surface area is 119 Å². The van der Waals surface area contributed by atoms with Gasteiger partial charge in [-0.25, -0.2) is 0 Å². The number of nitrogens with one attached hydrogen (secondary N) is 3. The predicted octanol–water partition coefficient (Wildman–Crippen LogP) is -0.0220. The fourth-order valence-corrected chi connectivity index (χ4v) is 2.83. The molecule has 20 heavy (non-hydrogen) atoms. The molecule has 1 saturated heterocycles. The van der Waals surface area contributed by atoms with E-state index in [9.17, 15) is 4.79 Å². The molecule has 2 heterocycles. The van der Waals surface area contributed by atoms with Gasteiger partial charge in [-0.15, -0.1) is 0 Å². The summed E-state index contributed by atoms with van der Waals surface area (Å²) >= 11 is 0. The van der Waals surface area contributed by atoms with Gasteiger partial charge in [0.15, 0.2) is 0 Å². The third-order valence-corrected chi connectivity index (χ3v) is 3.92. The van der Waals surface area contributed by atoms with Gasteiger partial charge in [-0.1, -0.05) is 24.3 Å². The number of benzene rings is 1. The molecule has 3 rings (SSSR count). The van der Waals surface area contributed by atoms with Crippen molar-refractivity contribution < 1.29 is 9.53 Å². The third kappa shape index (κ3) is 3.00. The average Bonchev–Trinajstić information content (AvgIpc) is 2.53. The second kappa shape index (κ2) is 6.35. The van der Waals surface area contributed by atoms with Crippen molar-refractivity contribution in [2.45, 2.75) is 18.6 Å². The molecular formula is C15H21N3O2. The minimum absolute atomic E-state index is 0.0259. The van der Waals surface area contributed by atoms with E-state index in [1.54, 1.807) is 0 Å². The van der Waals surface area contributed by atoms with Crippen molar-refractivity contribution in [1.82, 2.24) is 16.0 Å². The molecule has 1 fully saturated rings. The average molecular weight is 275 g/mol. The largest absolute Gasteiger partial charge is 0.366 e. The van der Waals surface area contributed by atoms with Gasteiger partial charge < -0.3 is 20.7 Å². The van der Waals surface area contributed by atoms with Crippen molar-refractivity contribution in [3.8, 4) is 0 Å². The van der Waals surface area contributed by atoms with E-state index in [2.05, 4.69) is 40.2 Å². The normalized spacial score (nSPS) is 25.8. The van der Waals surface area contributed by atoms with E-state index in [-0.39, 0.29) is 18.1 Å². The summed E-state index contributed by atoms with van der Waals surface area (Å²) in [6, 6.07) is 8.62. The van der Waals surface area contributed by atoms with Gasteiger partial charge >= 0.3 is 0 Å². The number of carbonyl (C=O) groups excluding carboxylic acids is 1. The molecule has 2 aliphatic heterocycles. The van der Waals surface area contributed by atoms with Crippen LogP contribution in [0.4, 0.5) is 0 Å². The first kappa shape index (κ1) is 13.5. The highest BCUT2D eigenvalue weighted by Gasteiger charge is 2.24. The highest BCUT2D eigenvalue weighted by atomic mass is 16.5. The van der Waals surface area contributed by atoms with Gasteiger partial charge in [0.1, 0.15) is 6.10 Å². The second-order valence-electron chi connectivity index (χ2n) is 5.26. The summed E-state index contributed by atoms with van der Waals surface area (Å²) in [6.07, 6.45) is 0.693. The second-order valence-corrected chi connectivity index (χ2v) is 5.26. The number of ether oxygens (including phenoxy) is 1. The van der Waals surface area contributed by atoms with Crippen LogP contribution in [-0.2, 0) is 16.0 Å². The van der Waals surface area contributed by atoms with Gasteiger partial charge in [0.25, 0.3) is 5.91 Å². The van der Waals surface area contributed by atoms with Crippen LogP contribution < -0.4 is 16.0 Å². The van der Waals surface area contributed by atoms with E-state index in [1.165, 1.54) is 11.1 Å². The minimum atomic E-state index is -0.359. The first-order valence-corrected chi connectivity index (χ1v) is 7.26. The molecule has 0 spiro atoms.